The van der Waals surface area contributed by atoms with E-state index in [2.05, 4.69) is 11.2 Å². The summed E-state index contributed by atoms with van der Waals surface area (Å²) in [5, 5.41) is 0. The van der Waals surface area contributed by atoms with E-state index < -0.39 is 9.64 Å². The second kappa shape index (κ2) is 5.10. The molecule has 5 heteroatoms. The van der Waals surface area contributed by atoms with Crippen LogP contribution in [0.1, 0.15) is 0 Å². The molecule has 0 aromatic rings. The molecular weight excluding hydrogens is 120 g/mol. The van der Waals surface area contributed by atoms with Crippen molar-refractivity contribution in [3.63, 3.8) is 0 Å². The van der Waals surface area contributed by atoms with Crippen molar-refractivity contribution in [3.05, 3.63) is 0 Å². The van der Waals surface area contributed by atoms with Gasteiger partial charge in [0.05, 0.1) is 0 Å². The molecule has 2 nitrogen and oxygen atoms in total. The van der Waals surface area contributed by atoms with E-state index in [1.165, 1.54) is 0 Å². The highest BCUT2D eigenvalue weighted by molar-refractivity contribution is 8.18. The quantitative estimate of drug-likeness (QED) is 0.304. The van der Waals surface area contributed by atoms with Crippen LogP contribution in [0.5, 0.6) is 0 Å². The lowest BCUT2D eigenvalue weighted by Crippen LogP contribution is -1.54. The summed E-state index contributed by atoms with van der Waals surface area (Å²) >= 11 is 3.69. The summed E-state index contributed by atoms with van der Waals surface area (Å²) in [6, 6.07) is 0. The van der Waals surface area contributed by atoms with Gasteiger partial charge in [-0.25, -0.2) is 4.21 Å². The van der Waals surface area contributed by atoms with Crippen molar-refractivity contribution in [2.75, 3.05) is 0 Å². The van der Waals surface area contributed by atoms with Crippen LogP contribution >= 0.6 is 0 Å². The first-order valence-corrected chi connectivity index (χ1v) is 2.79. The summed E-state index contributed by atoms with van der Waals surface area (Å²) in [6.45, 7) is 0. The molecule has 0 fully saturated rings. The van der Waals surface area contributed by atoms with Gasteiger partial charge >= 0.3 is 23.1 Å². The van der Waals surface area contributed by atoms with Crippen LogP contribution in [0.4, 0.5) is 0 Å². The van der Waals surface area contributed by atoms with Gasteiger partial charge in [0, 0.05) is 11.2 Å². The molecule has 0 bridgehead atoms. The van der Waals surface area contributed by atoms with E-state index in [9.17, 15) is 0 Å². The van der Waals surface area contributed by atoms with E-state index in [0.717, 1.165) is 0 Å². The Labute approximate surface area is 52.6 Å². The minimum Gasteiger partial charge on any atom is -0.308 e. The monoisotopic (exact) mass is 124 g/mol. The van der Waals surface area contributed by atoms with Crippen LogP contribution in [0.25, 0.3) is 0 Å². The zero-order valence-electron chi connectivity index (χ0n) is 1.71. The van der Waals surface area contributed by atoms with E-state index in [1.54, 1.807) is 0 Å². The van der Waals surface area contributed by atoms with Gasteiger partial charge in [-0.15, -0.1) is 0 Å². The minimum atomic E-state index is -2.29. The Bertz CT molecular complexity index is 56.0. The molecule has 0 aromatic carbocycles. The maximum absolute atomic E-state index is 8.96. The highest BCUT2D eigenvalue weighted by atomic mass is 32.8. The van der Waals surface area contributed by atoms with Gasteiger partial charge in [0.1, 0.15) is 9.64 Å². The molecule has 1 unspecified atom stereocenters. The fourth-order valence-electron chi connectivity index (χ4n) is 0. The van der Waals surface area contributed by atoms with Crippen molar-refractivity contribution in [1.82, 2.24) is 0 Å². The molecule has 0 spiro atoms. The van der Waals surface area contributed by atoms with Crippen molar-refractivity contribution in [2.24, 2.45) is 0 Å². The molecule has 0 heterocycles. The molecule has 0 rings (SSSR count). The molecule has 30 valence electrons. The first-order valence-electron chi connectivity index (χ1n) is 0.565. The van der Waals surface area contributed by atoms with E-state index in [0.29, 0.717) is 0 Å². The average Bonchev–Trinajstić information content (AvgIpc) is 0.811. The number of rotatable bonds is 0. The second-order valence-corrected chi connectivity index (χ2v) is 1.65. The van der Waals surface area contributed by atoms with Gasteiger partial charge in [-0.2, -0.15) is 0 Å². The van der Waals surface area contributed by atoms with Gasteiger partial charge in [-0.3, -0.25) is 0 Å². The standard InChI is InChI=1S/Mg.H2O2S2.2H/c;1-4(2)3;;/h;4H,(H,1,2,3);;. The Morgan fingerprint density at radius 2 is 1.80 bits per heavy atom. The maximum Gasteiger partial charge on any atom is 0.316 e. The highest BCUT2D eigenvalue weighted by Crippen LogP contribution is 1.31. The van der Waals surface area contributed by atoms with Gasteiger partial charge in [0.2, 0.25) is 0 Å². The summed E-state index contributed by atoms with van der Waals surface area (Å²) in [4.78, 5) is 0. The van der Waals surface area contributed by atoms with Crippen LogP contribution in [0.3, 0.4) is 0 Å². The topological polar surface area (TPSA) is 37.3 Å². The van der Waals surface area contributed by atoms with E-state index in [1.807, 2.05) is 0 Å². The highest BCUT2D eigenvalue weighted by Gasteiger charge is 1.39. The van der Waals surface area contributed by atoms with Crippen LogP contribution in [-0.4, -0.2) is 31.8 Å². The molecule has 1 atom stereocenters. The first-order chi connectivity index (χ1) is 1.73. The zero-order valence-corrected chi connectivity index (χ0v) is 3.42. The molecule has 0 aliphatic heterocycles. The van der Waals surface area contributed by atoms with Crippen LogP contribution in [0, 0.1) is 0 Å². The van der Waals surface area contributed by atoms with Crippen LogP contribution in [0.2, 0.25) is 0 Å². The van der Waals surface area contributed by atoms with Gasteiger partial charge in [-0.05, 0) is 0 Å². The third-order valence-corrected chi connectivity index (χ3v) is 0. The first kappa shape index (κ1) is 9.44. The smallest absolute Gasteiger partial charge is 0.308 e. The molecular formula is H4MgO2S2. The summed E-state index contributed by atoms with van der Waals surface area (Å²) in [5.41, 5.74) is 0. The van der Waals surface area contributed by atoms with Crippen molar-refractivity contribution < 1.29 is 8.76 Å². The Kier molecular flexibility index (Phi) is 9.62. The zero-order chi connectivity index (χ0) is 3.58. The minimum absolute atomic E-state index is 0. The number of thiol groups is 1. The summed E-state index contributed by atoms with van der Waals surface area (Å²) in [6.07, 6.45) is 0. The fraction of sp³-hybridized carbons (Fsp3) is 0. The Morgan fingerprint density at radius 1 is 1.80 bits per heavy atom. The van der Waals surface area contributed by atoms with Gasteiger partial charge < -0.3 is 4.55 Å². The summed E-state index contributed by atoms with van der Waals surface area (Å²) < 4.78 is 16.3. The molecule has 0 aliphatic rings. The number of hydrogen-bond donors (Lipinski definition) is 2. The van der Waals surface area contributed by atoms with Crippen LogP contribution in [-0.2, 0) is 20.8 Å². The van der Waals surface area contributed by atoms with Gasteiger partial charge in [0.15, 0.2) is 0 Å². The van der Waals surface area contributed by atoms with E-state index >= 15 is 0 Å². The predicted octanol–water partition coefficient (Wildman–Crippen LogP) is -1.51. The molecule has 0 aliphatic carbocycles. The average molecular weight is 124 g/mol. The molecule has 5 heavy (non-hydrogen) atoms. The normalized spacial score (nSPS) is 12.2. The van der Waals surface area contributed by atoms with Crippen LogP contribution in [0.15, 0.2) is 0 Å². The van der Waals surface area contributed by atoms with E-state index in [4.69, 9.17) is 8.76 Å². The summed E-state index contributed by atoms with van der Waals surface area (Å²) in [7, 11) is -2.29. The van der Waals surface area contributed by atoms with E-state index in [-0.39, 0.29) is 23.1 Å². The Hall–Kier alpha value is 1.10. The molecule has 0 saturated carbocycles. The van der Waals surface area contributed by atoms with Gasteiger partial charge in [0.25, 0.3) is 0 Å². The molecule has 1 N–H and O–H groups in total. The largest absolute Gasteiger partial charge is 0.316 e. The van der Waals surface area contributed by atoms with Crippen LogP contribution < -0.4 is 0 Å². The second-order valence-electron chi connectivity index (χ2n) is 0.238. The molecule has 0 aromatic heterocycles. The third-order valence-electron chi connectivity index (χ3n) is 0. The molecule has 0 saturated heterocycles. The van der Waals surface area contributed by atoms with Gasteiger partial charge in [-0.1, -0.05) is 0 Å². The summed E-state index contributed by atoms with van der Waals surface area (Å²) in [5.74, 6) is 0. The predicted molar refractivity (Wildman–Crippen MR) is 28.1 cm³/mol. The lowest BCUT2D eigenvalue weighted by Gasteiger charge is -1.47. The van der Waals surface area contributed by atoms with Crippen molar-refractivity contribution in [2.45, 2.75) is 0 Å². The maximum atomic E-state index is 8.96. The Balaban J connectivity index is 0. The Morgan fingerprint density at radius 3 is 1.80 bits per heavy atom. The SMILES string of the molecule is O=[SH](O)=S.[MgH2]. The van der Waals surface area contributed by atoms with Crippen molar-refractivity contribution in [1.29, 1.82) is 0 Å². The fourth-order valence-corrected chi connectivity index (χ4v) is 0. The number of hydrogen-bond acceptors (Lipinski definition) is 2. The van der Waals surface area contributed by atoms with Crippen molar-refractivity contribution >= 4 is 43.9 Å². The lowest BCUT2D eigenvalue weighted by atomic mass is 15.9. The molecule has 0 amide bonds. The third kappa shape index (κ3) is 40.7. The van der Waals surface area contributed by atoms with Crippen molar-refractivity contribution in [3.8, 4) is 0 Å². The molecule has 0 radical (unpaired) electrons. The lowest BCUT2D eigenvalue weighted by molar-refractivity contribution is 0.583.